The van der Waals surface area contributed by atoms with E-state index in [4.69, 9.17) is 4.74 Å². The van der Waals surface area contributed by atoms with Gasteiger partial charge in [-0.1, -0.05) is 12.1 Å². The SMILES string of the molecule is O=C(c1ccc2c(c1)COC2)c1cnccc1C(F)(F)F. The number of hydrogen-bond donors (Lipinski definition) is 0. The molecule has 1 aromatic heterocycles. The number of fused-ring (bicyclic) bond motifs is 1. The Labute approximate surface area is 118 Å². The van der Waals surface area contributed by atoms with E-state index in [0.717, 1.165) is 29.6 Å². The summed E-state index contributed by atoms with van der Waals surface area (Å²) in [5.74, 6) is -0.690. The molecule has 0 fully saturated rings. The third kappa shape index (κ3) is 2.54. The number of carbonyl (C=O) groups is 1. The van der Waals surface area contributed by atoms with Gasteiger partial charge >= 0.3 is 6.18 Å². The van der Waals surface area contributed by atoms with Crippen LogP contribution in [0.1, 0.15) is 32.6 Å². The van der Waals surface area contributed by atoms with Crippen molar-refractivity contribution in [2.24, 2.45) is 0 Å². The molecule has 0 unspecified atom stereocenters. The van der Waals surface area contributed by atoms with Crippen LogP contribution >= 0.6 is 0 Å². The highest BCUT2D eigenvalue weighted by Gasteiger charge is 2.35. The molecule has 1 aliphatic heterocycles. The van der Waals surface area contributed by atoms with Crippen LogP contribution in [0.3, 0.4) is 0 Å². The van der Waals surface area contributed by atoms with Gasteiger partial charge in [-0.3, -0.25) is 9.78 Å². The van der Waals surface area contributed by atoms with E-state index in [1.165, 1.54) is 6.07 Å². The first-order valence-electron chi connectivity index (χ1n) is 6.22. The fraction of sp³-hybridized carbons (Fsp3) is 0.200. The summed E-state index contributed by atoms with van der Waals surface area (Å²) >= 11 is 0. The lowest BCUT2D eigenvalue weighted by Gasteiger charge is -2.11. The lowest BCUT2D eigenvalue weighted by atomic mass is 9.97. The molecular formula is C15H10F3NO2. The Hall–Kier alpha value is -2.21. The first-order valence-corrected chi connectivity index (χ1v) is 6.22. The third-order valence-corrected chi connectivity index (χ3v) is 3.35. The Balaban J connectivity index is 2.03. The van der Waals surface area contributed by atoms with Crippen LogP contribution in [0.25, 0.3) is 0 Å². The number of hydrogen-bond acceptors (Lipinski definition) is 3. The van der Waals surface area contributed by atoms with Gasteiger partial charge in [0.15, 0.2) is 5.78 Å². The van der Waals surface area contributed by atoms with Crippen LogP contribution in [0.5, 0.6) is 0 Å². The summed E-state index contributed by atoms with van der Waals surface area (Å²) in [6.07, 6.45) is -2.61. The first kappa shape index (κ1) is 13.8. The van der Waals surface area contributed by atoms with Crippen molar-refractivity contribution in [2.45, 2.75) is 19.4 Å². The minimum Gasteiger partial charge on any atom is -0.372 e. The predicted octanol–water partition coefficient (Wildman–Crippen LogP) is 3.36. The van der Waals surface area contributed by atoms with Gasteiger partial charge in [0, 0.05) is 18.0 Å². The molecule has 0 amide bonds. The lowest BCUT2D eigenvalue weighted by molar-refractivity contribution is -0.137. The number of rotatable bonds is 2. The highest BCUT2D eigenvalue weighted by atomic mass is 19.4. The van der Waals surface area contributed by atoms with Gasteiger partial charge in [-0.2, -0.15) is 13.2 Å². The Morgan fingerprint density at radius 1 is 1.14 bits per heavy atom. The van der Waals surface area contributed by atoms with Gasteiger partial charge in [0.25, 0.3) is 0 Å². The zero-order chi connectivity index (χ0) is 15.0. The summed E-state index contributed by atoms with van der Waals surface area (Å²) in [5.41, 5.74) is 0.577. The number of aromatic nitrogens is 1. The molecule has 0 radical (unpaired) electrons. The summed E-state index contributed by atoms with van der Waals surface area (Å²) in [6.45, 7) is 0.833. The fourth-order valence-corrected chi connectivity index (χ4v) is 2.29. The molecule has 1 aromatic carbocycles. The standard InChI is InChI=1S/C15H10F3NO2/c16-15(17,18)13-3-4-19-6-12(13)14(20)9-1-2-10-7-21-8-11(10)5-9/h1-6H,7-8H2. The summed E-state index contributed by atoms with van der Waals surface area (Å²) < 4.78 is 44.1. The quantitative estimate of drug-likeness (QED) is 0.797. The molecule has 0 saturated heterocycles. The molecule has 0 bridgehead atoms. The van der Waals surface area contributed by atoms with Gasteiger partial charge in [0.1, 0.15) is 0 Å². The van der Waals surface area contributed by atoms with Crippen LogP contribution in [0, 0.1) is 0 Å². The van der Waals surface area contributed by atoms with Gasteiger partial charge in [0.2, 0.25) is 0 Å². The van der Waals surface area contributed by atoms with Gasteiger partial charge in [-0.15, -0.1) is 0 Å². The molecule has 0 aliphatic carbocycles. The molecule has 0 spiro atoms. The Morgan fingerprint density at radius 2 is 1.90 bits per heavy atom. The molecule has 108 valence electrons. The highest BCUT2D eigenvalue weighted by Crippen LogP contribution is 2.32. The molecule has 1 aliphatic rings. The predicted molar refractivity (Wildman–Crippen MR) is 67.6 cm³/mol. The van der Waals surface area contributed by atoms with Crippen LogP contribution in [0.2, 0.25) is 0 Å². The Kier molecular flexibility index (Phi) is 3.25. The number of pyridine rings is 1. The van der Waals surface area contributed by atoms with E-state index >= 15 is 0 Å². The average molecular weight is 293 g/mol. The summed E-state index contributed by atoms with van der Waals surface area (Å²) in [5, 5.41) is 0. The van der Waals surface area contributed by atoms with Gasteiger partial charge < -0.3 is 4.74 Å². The van der Waals surface area contributed by atoms with Crippen LogP contribution < -0.4 is 0 Å². The molecular weight excluding hydrogens is 283 g/mol. The third-order valence-electron chi connectivity index (χ3n) is 3.35. The molecule has 0 atom stereocenters. The fourth-order valence-electron chi connectivity index (χ4n) is 2.29. The van der Waals surface area contributed by atoms with E-state index < -0.39 is 23.1 Å². The number of alkyl halides is 3. The van der Waals surface area contributed by atoms with Crippen molar-refractivity contribution in [1.82, 2.24) is 4.98 Å². The monoisotopic (exact) mass is 293 g/mol. The van der Waals surface area contributed by atoms with Crippen molar-refractivity contribution in [2.75, 3.05) is 0 Å². The zero-order valence-electron chi connectivity index (χ0n) is 10.8. The van der Waals surface area contributed by atoms with Crippen molar-refractivity contribution >= 4 is 5.78 Å². The van der Waals surface area contributed by atoms with Crippen molar-refractivity contribution in [3.05, 3.63) is 64.5 Å². The topological polar surface area (TPSA) is 39.2 Å². The largest absolute Gasteiger partial charge is 0.417 e. The number of ether oxygens (including phenoxy) is 1. The molecule has 21 heavy (non-hydrogen) atoms. The highest BCUT2D eigenvalue weighted by molar-refractivity contribution is 6.10. The summed E-state index contributed by atoms with van der Waals surface area (Å²) in [6, 6.07) is 5.61. The van der Waals surface area contributed by atoms with Crippen LogP contribution in [-0.2, 0) is 24.1 Å². The zero-order valence-corrected chi connectivity index (χ0v) is 10.8. The molecule has 2 aromatic rings. The van der Waals surface area contributed by atoms with E-state index in [9.17, 15) is 18.0 Å². The number of nitrogens with zero attached hydrogens (tertiary/aromatic N) is 1. The second kappa shape index (κ2) is 4.96. The molecule has 0 saturated carbocycles. The Bertz CT molecular complexity index is 710. The smallest absolute Gasteiger partial charge is 0.372 e. The maximum atomic E-state index is 12.9. The van der Waals surface area contributed by atoms with E-state index in [1.54, 1.807) is 12.1 Å². The second-order valence-corrected chi connectivity index (χ2v) is 4.72. The molecule has 6 heteroatoms. The number of benzene rings is 1. The number of ketones is 1. The second-order valence-electron chi connectivity index (χ2n) is 4.72. The van der Waals surface area contributed by atoms with Crippen molar-refractivity contribution in [3.8, 4) is 0 Å². The van der Waals surface area contributed by atoms with Gasteiger partial charge in [-0.25, -0.2) is 0 Å². The number of carbonyl (C=O) groups excluding carboxylic acids is 1. The van der Waals surface area contributed by atoms with Gasteiger partial charge in [0.05, 0.1) is 24.3 Å². The lowest BCUT2D eigenvalue weighted by Crippen LogP contribution is -2.14. The van der Waals surface area contributed by atoms with Crippen molar-refractivity contribution in [1.29, 1.82) is 0 Å². The van der Waals surface area contributed by atoms with Gasteiger partial charge in [-0.05, 0) is 23.3 Å². The van der Waals surface area contributed by atoms with E-state index in [0.29, 0.717) is 13.2 Å². The molecule has 3 nitrogen and oxygen atoms in total. The van der Waals surface area contributed by atoms with Crippen molar-refractivity contribution < 1.29 is 22.7 Å². The van der Waals surface area contributed by atoms with Crippen molar-refractivity contribution in [3.63, 3.8) is 0 Å². The van der Waals surface area contributed by atoms with Crippen LogP contribution in [0.15, 0.2) is 36.7 Å². The van der Waals surface area contributed by atoms with E-state index in [1.807, 2.05) is 0 Å². The van der Waals surface area contributed by atoms with E-state index in [-0.39, 0.29) is 5.56 Å². The Morgan fingerprint density at radius 3 is 2.67 bits per heavy atom. The minimum absolute atomic E-state index is 0.206. The average Bonchev–Trinajstić information content (AvgIpc) is 2.93. The maximum absolute atomic E-state index is 12.9. The molecule has 2 heterocycles. The molecule has 3 rings (SSSR count). The van der Waals surface area contributed by atoms with Crippen LogP contribution in [0.4, 0.5) is 13.2 Å². The molecule has 0 N–H and O–H groups in total. The maximum Gasteiger partial charge on any atom is 0.417 e. The van der Waals surface area contributed by atoms with Crippen LogP contribution in [-0.4, -0.2) is 10.8 Å². The summed E-state index contributed by atoms with van der Waals surface area (Å²) in [7, 11) is 0. The minimum atomic E-state index is -4.59. The normalized spacial score (nSPS) is 14.0. The number of halogens is 3. The first-order chi connectivity index (χ1) is 9.97. The summed E-state index contributed by atoms with van der Waals surface area (Å²) in [4.78, 5) is 16.0. The van der Waals surface area contributed by atoms with E-state index in [2.05, 4.69) is 4.98 Å².